The van der Waals surface area contributed by atoms with Crippen LogP contribution in [0.1, 0.15) is 39.5 Å². The normalized spacial score (nSPS) is 32.8. The molecule has 4 nitrogen and oxygen atoms in total. The number of fused-ring (bicyclic) bond motifs is 1. The fourth-order valence-electron chi connectivity index (χ4n) is 2.89. The number of esters is 2. The molecule has 2 aliphatic rings. The van der Waals surface area contributed by atoms with Crippen molar-refractivity contribution >= 4 is 11.9 Å². The first-order valence-corrected chi connectivity index (χ1v) is 7.30. The average Bonchev–Trinajstić information content (AvgIpc) is 2.66. The van der Waals surface area contributed by atoms with Crippen LogP contribution in [0, 0.1) is 5.92 Å². The van der Waals surface area contributed by atoms with Gasteiger partial charge in [0, 0.05) is 18.4 Å². The summed E-state index contributed by atoms with van der Waals surface area (Å²) in [5.74, 6) is -0.614. The number of hydrogen-bond donors (Lipinski definition) is 0. The smallest absolute Gasteiger partial charge is 0.334 e. The molecule has 21 heavy (non-hydrogen) atoms. The molecule has 0 aromatic rings. The Hall–Kier alpha value is -1.84. The van der Waals surface area contributed by atoms with E-state index in [2.05, 4.69) is 13.2 Å². The van der Waals surface area contributed by atoms with Gasteiger partial charge in [-0.3, -0.25) is 4.79 Å². The van der Waals surface area contributed by atoms with E-state index in [9.17, 15) is 9.59 Å². The van der Waals surface area contributed by atoms with Gasteiger partial charge in [0.15, 0.2) is 0 Å². The highest BCUT2D eigenvalue weighted by atomic mass is 16.6. The molecule has 1 aliphatic carbocycles. The minimum atomic E-state index is -0.310. The molecule has 2 rings (SSSR count). The van der Waals surface area contributed by atoms with Gasteiger partial charge < -0.3 is 9.47 Å². The van der Waals surface area contributed by atoms with Crippen LogP contribution in [0.5, 0.6) is 0 Å². The maximum Gasteiger partial charge on any atom is 0.334 e. The summed E-state index contributed by atoms with van der Waals surface area (Å²) in [5, 5.41) is 0. The molecule has 114 valence electrons. The Kier molecular flexibility index (Phi) is 4.66. The van der Waals surface area contributed by atoms with Crippen molar-refractivity contribution in [1.82, 2.24) is 0 Å². The predicted molar refractivity (Wildman–Crippen MR) is 79.4 cm³/mol. The summed E-state index contributed by atoms with van der Waals surface area (Å²) in [6.07, 6.45) is 4.45. The predicted octanol–water partition coefficient (Wildman–Crippen LogP) is 3.09. The summed E-state index contributed by atoms with van der Waals surface area (Å²) in [4.78, 5) is 22.9. The van der Waals surface area contributed by atoms with Crippen LogP contribution in [0.25, 0.3) is 0 Å². The van der Waals surface area contributed by atoms with Crippen molar-refractivity contribution in [3.63, 3.8) is 0 Å². The molecular formula is C17H22O4. The summed E-state index contributed by atoms with van der Waals surface area (Å²) in [7, 11) is 0. The van der Waals surface area contributed by atoms with Crippen LogP contribution < -0.4 is 0 Å². The van der Waals surface area contributed by atoms with E-state index < -0.39 is 0 Å². The lowest BCUT2D eigenvalue weighted by Crippen LogP contribution is -2.22. The van der Waals surface area contributed by atoms with Gasteiger partial charge in [-0.25, -0.2) is 4.79 Å². The van der Waals surface area contributed by atoms with E-state index in [-0.39, 0.29) is 30.1 Å². The summed E-state index contributed by atoms with van der Waals surface area (Å²) in [6, 6.07) is 0. The lowest BCUT2D eigenvalue weighted by Gasteiger charge is -2.24. The molecule has 1 aliphatic heterocycles. The van der Waals surface area contributed by atoms with Gasteiger partial charge in [0.25, 0.3) is 0 Å². The van der Waals surface area contributed by atoms with Crippen molar-refractivity contribution in [3.8, 4) is 0 Å². The number of hydrogen-bond acceptors (Lipinski definition) is 4. The first kappa shape index (κ1) is 15.5. The molecule has 1 heterocycles. The van der Waals surface area contributed by atoms with Gasteiger partial charge >= 0.3 is 11.9 Å². The Morgan fingerprint density at radius 1 is 1.33 bits per heavy atom. The van der Waals surface area contributed by atoms with Gasteiger partial charge in [-0.15, -0.1) is 0 Å². The van der Waals surface area contributed by atoms with E-state index >= 15 is 0 Å². The highest BCUT2D eigenvalue weighted by Crippen LogP contribution is 2.35. The maximum atomic E-state index is 11.7. The van der Waals surface area contributed by atoms with Crippen molar-refractivity contribution in [3.05, 3.63) is 36.0 Å². The Morgan fingerprint density at radius 2 is 2.05 bits per heavy atom. The second-order valence-electron chi connectivity index (χ2n) is 5.85. The van der Waals surface area contributed by atoms with Crippen LogP contribution >= 0.6 is 0 Å². The van der Waals surface area contributed by atoms with E-state index in [0.717, 1.165) is 24.0 Å². The van der Waals surface area contributed by atoms with Crippen molar-refractivity contribution in [1.29, 1.82) is 0 Å². The SMILES string of the molecule is C=C1CCC2C(=C)C(=O)OC2/C=C(\C)CCC1OC(C)=O. The van der Waals surface area contributed by atoms with Gasteiger partial charge in [-0.05, 0) is 44.3 Å². The zero-order valence-corrected chi connectivity index (χ0v) is 12.7. The lowest BCUT2D eigenvalue weighted by atomic mass is 9.86. The summed E-state index contributed by atoms with van der Waals surface area (Å²) in [6.45, 7) is 11.3. The third-order valence-corrected chi connectivity index (χ3v) is 4.14. The Bertz CT molecular complexity index is 515. The standard InChI is InChI=1S/C17H22O4/c1-10-5-8-15(20-13(4)18)11(2)6-7-14-12(3)17(19)21-16(14)9-10/h9,14-16H,2-3,5-8H2,1,4H3/b10-9+. The second kappa shape index (κ2) is 6.29. The van der Waals surface area contributed by atoms with E-state index in [1.54, 1.807) is 0 Å². The number of rotatable bonds is 1. The van der Waals surface area contributed by atoms with Crippen LogP contribution in [0.4, 0.5) is 0 Å². The fourth-order valence-corrected chi connectivity index (χ4v) is 2.89. The molecule has 0 bridgehead atoms. The molecule has 0 aromatic carbocycles. The Morgan fingerprint density at radius 3 is 2.71 bits per heavy atom. The van der Waals surface area contributed by atoms with Crippen LogP contribution in [-0.2, 0) is 19.1 Å². The van der Waals surface area contributed by atoms with Crippen molar-refractivity contribution in [2.75, 3.05) is 0 Å². The van der Waals surface area contributed by atoms with Crippen molar-refractivity contribution in [2.24, 2.45) is 5.92 Å². The number of allylic oxidation sites excluding steroid dienone is 1. The van der Waals surface area contributed by atoms with Crippen LogP contribution in [0.15, 0.2) is 36.0 Å². The quantitative estimate of drug-likeness (QED) is 0.423. The number of carbonyl (C=O) groups is 2. The van der Waals surface area contributed by atoms with Gasteiger partial charge in [0.1, 0.15) is 12.2 Å². The van der Waals surface area contributed by atoms with E-state index in [1.807, 2.05) is 13.0 Å². The Labute approximate surface area is 125 Å². The van der Waals surface area contributed by atoms with E-state index in [1.165, 1.54) is 6.92 Å². The number of carbonyl (C=O) groups excluding carboxylic acids is 2. The summed E-state index contributed by atoms with van der Waals surface area (Å²) >= 11 is 0. The third-order valence-electron chi connectivity index (χ3n) is 4.14. The zero-order valence-electron chi connectivity index (χ0n) is 12.7. The molecule has 0 aromatic heterocycles. The minimum absolute atomic E-state index is 0.0136. The van der Waals surface area contributed by atoms with Gasteiger partial charge in [0.2, 0.25) is 0 Å². The highest BCUT2D eigenvalue weighted by Gasteiger charge is 2.37. The van der Waals surface area contributed by atoms with E-state index in [4.69, 9.17) is 9.47 Å². The molecule has 1 saturated heterocycles. The summed E-state index contributed by atoms with van der Waals surface area (Å²) < 4.78 is 10.7. The molecule has 0 amide bonds. The highest BCUT2D eigenvalue weighted by molar-refractivity contribution is 5.91. The van der Waals surface area contributed by atoms with Crippen molar-refractivity contribution < 1.29 is 19.1 Å². The molecular weight excluding hydrogens is 268 g/mol. The fraction of sp³-hybridized carbons (Fsp3) is 0.529. The monoisotopic (exact) mass is 290 g/mol. The zero-order chi connectivity index (χ0) is 15.6. The first-order valence-electron chi connectivity index (χ1n) is 7.30. The molecule has 4 heteroatoms. The van der Waals surface area contributed by atoms with Gasteiger partial charge in [-0.2, -0.15) is 0 Å². The topological polar surface area (TPSA) is 52.6 Å². The molecule has 0 spiro atoms. The van der Waals surface area contributed by atoms with Crippen LogP contribution in [0.3, 0.4) is 0 Å². The third kappa shape index (κ3) is 3.63. The maximum absolute atomic E-state index is 11.7. The van der Waals surface area contributed by atoms with Crippen LogP contribution in [-0.4, -0.2) is 24.1 Å². The average molecular weight is 290 g/mol. The number of ether oxygens (including phenoxy) is 2. The molecule has 0 saturated carbocycles. The van der Waals surface area contributed by atoms with Gasteiger partial charge in [-0.1, -0.05) is 18.7 Å². The minimum Gasteiger partial charge on any atom is -0.458 e. The second-order valence-corrected chi connectivity index (χ2v) is 5.85. The van der Waals surface area contributed by atoms with E-state index in [0.29, 0.717) is 18.4 Å². The van der Waals surface area contributed by atoms with Gasteiger partial charge in [0.05, 0.1) is 0 Å². The molecule has 0 N–H and O–H groups in total. The molecule has 1 fully saturated rings. The molecule has 0 radical (unpaired) electrons. The summed E-state index contributed by atoms with van der Waals surface area (Å²) in [5.41, 5.74) is 2.55. The largest absolute Gasteiger partial charge is 0.458 e. The Balaban J connectivity index is 2.19. The van der Waals surface area contributed by atoms with Crippen molar-refractivity contribution in [2.45, 2.75) is 51.7 Å². The van der Waals surface area contributed by atoms with Crippen LogP contribution in [0.2, 0.25) is 0 Å². The molecule has 3 atom stereocenters. The molecule has 3 unspecified atom stereocenters. The lowest BCUT2D eigenvalue weighted by molar-refractivity contribution is -0.145. The first-order chi connectivity index (χ1) is 9.88.